The van der Waals surface area contributed by atoms with E-state index in [1.807, 2.05) is 12.1 Å². The molecule has 1 aromatic rings. The molecule has 2 nitrogen and oxygen atoms in total. The highest BCUT2D eigenvalue weighted by molar-refractivity contribution is 6.31. The number of benzene rings is 1. The van der Waals surface area contributed by atoms with Gasteiger partial charge in [0.2, 0.25) is 0 Å². The van der Waals surface area contributed by atoms with Crippen molar-refractivity contribution in [1.82, 2.24) is 0 Å². The summed E-state index contributed by atoms with van der Waals surface area (Å²) in [6.45, 7) is 3.31. The van der Waals surface area contributed by atoms with Crippen LogP contribution >= 0.6 is 11.6 Å². The van der Waals surface area contributed by atoms with Gasteiger partial charge < -0.3 is 11.1 Å². The molecule has 0 heterocycles. The topological polar surface area (TPSA) is 38.0 Å². The van der Waals surface area contributed by atoms with E-state index in [4.69, 9.17) is 17.3 Å². The molecule has 0 amide bonds. The summed E-state index contributed by atoms with van der Waals surface area (Å²) in [7, 11) is 0. The molecule has 1 saturated carbocycles. The molecule has 0 atom stereocenters. The largest absolute Gasteiger partial charge is 0.397 e. The number of nitrogens with one attached hydrogen (secondary N) is 1. The number of rotatable bonds is 3. The van der Waals surface area contributed by atoms with Crippen LogP contribution in [0.5, 0.6) is 0 Å². The number of anilines is 2. The monoisotopic (exact) mass is 224 g/mol. The molecule has 1 aromatic carbocycles. The lowest BCUT2D eigenvalue weighted by atomic mass is 9.70. The lowest BCUT2D eigenvalue weighted by Gasteiger charge is -2.38. The van der Waals surface area contributed by atoms with E-state index in [0.29, 0.717) is 10.4 Å². The predicted molar refractivity (Wildman–Crippen MR) is 66.3 cm³/mol. The first-order valence-electron chi connectivity index (χ1n) is 5.38. The molecule has 3 heteroatoms. The van der Waals surface area contributed by atoms with Crippen molar-refractivity contribution >= 4 is 23.0 Å². The maximum atomic E-state index is 5.86. The van der Waals surface area contributed by atoms with Gasteiger partial charge in [-0.2, -0.15) is 0 Å². The van der Waals surface area contributed by atoms with E-state index in [0.717, 1.165) is 17.9 Å². The second-order valence-corrected chi connectivity index (χ2v) is 5.19. The summed E-state index contributed by atoms with van der Waals surface area (Å²) >= 11 is 5.84. The van der Waals surface area contributed by atoms with E-state index in [-0.39, 0.29) is 0 Å². The highest BCUT2D eigenvalue weighted by atomic mass is 35.5. The fourth-order valence-electron chi connectivity index (χ4n) is 1.96. The van der Waals surface area contributed by atoms with Crippen molar-refractivity contribution in [3.05, 3.63) is 23.2 Å². The van der Waals surface area contributed by atoms with E-state index in [2.05, 4.69) is 12.2 Å². The number of hydrogen-bond donors (Lipinski definition) is 2. The third-order valence-electron chi connectivity index (χ3n) is 3.28. The average Bonchev–Trinajstić information content (AvgIpc) is 2.14. The van der Waals surface area contributed by atoms with Crippen molar-refractivity contribution in [3.63, 3.8) is 0 Å². The lowest BCUT2D eigenvalue weighted by molar-refractivity contribution is 0.180. The van der Waals surface area contributed by atoms with Crippen LogP contribution in [-0.4, -0.2) is 6.54 Å². The Balaban J connectivity index is 1.98. The summed E-state index contributed by atoms with van der Waals surface area (Å²) in [5.41, 5.74) is 8.05. The van der Waals surface area contributed by atoms with Crippen LogP contribution < -0.4 is 11.1 Å². The van der Waals surface area contributed by atoms with Crippen LogP contribution in [0.15, 0.2) is 18.2 Å². The van der Waals surface area contributed by atoms with Gasteiger partial charge in [0.25, 0.3) is 0 Å². The molecule has 0 spiro atoms. The van der Waals surface area contributed by atoms with Crippen LogP contribution in [0.25, 0.3) is 0 Å². The van der Waals surface area contributed by atoms with Gasteiger partial charge in [-0.25, -0.2) is 0 Å². The Morgan fingerprint density at radius 1 is 1.47 bits per heavy atom. The Kier molecular flexibility index (Phi) is 2.79. The van der Waals surface area contributed by atoms with Gasteiger partial charge in [0.1, 0.15) is 0 Å². The van der Waals surface area contributed by atoms with Crippen molar-refractivity contribution in [1.29, 1.82) is 0 Å². The summed E-state index contributed by atoms with van der Waals surface area (Å²) in [5.74, 6) is 0. The molecule has 0 aromatic heterocycles. The molecular formula is C12H17ClN2. The summed E-state index contributed by atoms with van der Waals surface area (Å²) < 4.78 is 0. The molecule has 0 saturated heterocycles. The van der Waals surface area contributed by atoms with Gasteiger partial charge in [0.15, 0.2) is 0 Å². The van der Waals surface area contributed by atoms with E-state index in [9.17, 15) is 0 Å². The summed E-state index contributed by atoms with van der Waals surface area (Å²) in [5, 5.41) is 4.09. The summed E-state index contributed by atoms with van der Waals surface area (Å²) in [6.07, 6.45) is 3.98. The zero-order valence-electron chi connectivity index (χ0n) is 9.02. The minimum atomic E-state index is 0.464. The van der Waals surface area contributed by atoms with E-state index >= 15 is 0 Å². The zero-order chi connectivity index (χ0) is 10.9. The van der Waals surface area contributed by atoms with Crippen LogP contribution in [0.1, 0.15) is 26.2 Å². The number of hydrogen-bond acceptors (Lipinski definition) is 2. The van der Waals surface area contributed by atoms with Gasteiger partial charge in [-0.05, 0) is 36.5 Å². The van der Waals surface area contributed by atoms with Crippen molar-refractivity contribution in [2.45, 2.75) is 26.2 Å². The first-order chi connectivity index (χ1) is 7.09. The highest BCUT2D eigenvalue weighted by Gasteiger charge is 2.31. The number of halogens is 1. The Bertz CT molecular complexity index is 359. The van der Waals surface area contributed by atoms with Gasteiger partial charge in [0.05, 0.1) is 11.4 Å². The van der Waals surface area contributed by atoms with Gasteiger partial charge in [0, 0.05) is 11.6 Å². The smallest absolute Gasteiger partial charge is 0.0575 e. The number of nitrogen functional groups attached to an aromatic ring is 1. The quantitative estimate of drug-likeness (QED) is 0.771. The van der Waals surface area contributed by atoms with Crippen molar-refractivity contribution < 1.29 is 0 Å². The molecule has 2 rings (SSSR count). The molecule has 1 aliphatic carbocycles. The lowest BCUT2D eigenvalue weighted by Crippen LogP contribution is -2.33. The van der Waals surface area contributed by atoms with Crippen molar-refractivity contribution in [3.8, 4) is 0 Å². The highest BCUT2D eigenvalue weighted by Crippen LogP contribution is 2.40. The van der Waals surface area contributed by atoms with E-state index < -0.39 is 0 Å². The molecule has 0 radical (unpaired) electrons. The molecule has 15 heavy (non-hydrogen) atoms. The second-order valence-electron chi connectivity index (χ2n) is 4.75. The first-order valence-corrected chi connectivity index (χ1v) is 5.76. The van der Waals surface area contributed by atoms with Crippen LogP contribution in [0.3, 0.4) is 0 Å². The molecule has 1 aliphatic rings. The summed E-state index contributed by atoms with van der Waals surface area (Å²) in [4.78, 5) is 0. The maximum absolute atomic E-state index is 5.86. The predicted octanol–water partition coefficient (Wildman–Crippen LogP) is 3.52. The van der Waals surface area contributed by atoms with Crippen LogP contribution in [0.2, 0.25) is 5.02 Å². The normalized spacial score (nSPS) is 18.3. The SMILES string of the molecule is CC1(CNc2ccc(Cl)cc2N)CCC1. The fourth-order valence-corrected chi connectivity index (χ4v) is 2.14. The van der Waals surface area contributed by atoms with Crippen LogP contribution in [0.4, 0.5) is 11.4 Å². The second kappa shape index (κ2) is 3.93. The Morgan fingerprint density at radius 3 is 2.73 bits per heavy atom. The zero-order valence-corrected chi connectivity index (χ0v) is 9.77. The Hall–Kier alpha value is -0.890. The number of nitrogens with two attached hydrogens (primary N) is 1. The molecule has 82 valence electrons. The molecule has 0 aliphatic heterocycles. The minimum absolute atomic E-state index is 0.464. The van der Waals surface area contributed by atoms with Crippen molar-refractivity contribution in [2.24, 2.45) is 5.41 Å². The van der Waals surface area contributed by atoms with Crippen LogP contribution in [0, 0.1) is 5.41 Å². The maximum Gasteiger partial charge on any atom is 0.0575 e. The molecular weight excluding hydrogens is 208 g/mol. The molecule has 0 bridgehead atoms. The molecule has 3 N–H and O–H groups in total. The first kappa shape index (κ1) is 10.6. The average molecular weight is 225 g/mol. The third kappa shape index (κ3) is 2.37. The standard InChI is InChI=1S/C12H17ClN2/c1-12(5-2-6-12)8-15-11-4-3-9(13)7-10(11)14/h3-4,7,15H,2,5-6,8,14H2,1H3. The van der Waals surface area contributed by atoms with Gasteiger partial charge >= 0.3 is 0 Å². The Morgan fingerprint density at radius 2 is 2.20 bits per heavy atom. The summed E-state index contributed by atoms with van der Waals surface area (Å²) in [6, 6.07) is 5.59. The van der Waals surface area contributed by atoms with Crippen LogP contribution in [-0.2, 0) is 0 Å². The minimum Gasteiger partial charge on any atom is -0.397 e. The van der Waals surface area contributed by atoms with Gasteiger partial charge in [-0.3, -0.25) is 0 Å². The van der Waals surface area contributed by atoms with Gasteiger partial charge in [-0.15, -0.1) is 0 Å². The Labute approximate surface area is 95.8 Å². The third-order valence-corrected chi connectivity index (χ3v) is 3.51. The van der Waals surface area contributed by atoms with E-state index in [1.54, 1.807) is 6.07 Å². The van der Waals surface area contributed by atoms with Gasteiger partial charge in [-0.1, -0.05) is 24.9 Å². The molecule has 1 fully saturated rings. The van der Waals surface area contributed by atoms with E-state index in [1.165, 1.54) is 19.3 Å². The van der Waals surface area contributed by atoms with Crippen molar-refractivity contribution in [2.75, 3.05) is 17.6 Å². The fraction of sp³-hybridized carbons (Fsp3) is 0.500. The molecule has 0 unspecified atom stereocenters.